The average molecular weight is 216 g/mol. The third kappa shape index (κ3) is 1.44. The van der Waals surface area contributed by atoms with Crippen molar-refractivity contribution in [3.63, 3.8) is 0 Å². The van der Waals surface area contributed by atoms with Crippen LogP contribution in [0.15, 0.2) is 6.07 Å². The molecule has 0 saturated carbocycles. The molecule has 0 fully saturated rings. The van der Waals surface area contributed by atoms with Crippen LogP contribution >= 0.6 is 0 Å². The smallest absolute Gasteiger partial charge is 0.0889 e. The van der Waals surface area contributed by atoms with Gasteiger partial charge in [0.2, 0.25) is 0 Å². The van der Waals surface area contributed by atoms with E-state index in [1.807, 2.05) is 0 Å². The Bertz CT molecular complexity index is 548. The second-order valence-corrected chi connectivity index (χ2v) is 4.96. The summed E-state index contributed by atoms with van der Waals surface area (Å²) in [6.45, 7) is 10.9. The molecule has 0 aromatic carbocycles. The number of aryl methyl sites for hydroxylation is 3. The molecule has 0 aliphatic heterocycles. The summed E-state index contributed by atoms with van der Waals surface area (Å²) in [5.41, 5.74) is 7.58. The maximum Gasteiger partial charge on any atom is 0.0889 e. The quantitative estimate of drug-likeness (QED) is 0.712. The molecule has 0 radical (unpaired) electrons. The summed E-state index contributed by atoms with van der Waals surface area (Å²) in [4.78, 5) is 4.68. The summed E-state index contributed by atoms with van der Waals surface area (Å²) < 4.78 is 2.29. The summed E-state index contributed by atoms with van der Waals surface area (Å²) in [6, 6.07) is 2.22. The third-order valence-electron chi connectivity index (χ3n) is 3.59. The SMILES string of the molecule is Cc1nc2cc(C(C)C)n(C)c2c(C)c1C. The lowest BCUT2D eigenvalue weighted by Gasteiger charge is -2.10. The summed E-state index contributed by atoms with van der Waals surface area (Å²) in [5, 5.41) is 0. The van der Waals surface area contributed by atoms with Gasteiger partial charge in [0.1, 0.15) is 0 Å². The van der Waals surface area contributed by atoms with Crippen LogP contribution in [0.2, 0.25) is 0 Å². The fourth-order valence-corrected chi connectivity index (χ4v) is 2.40. The van der Waals surface area contributed by atoms with Gasteiger partial charge in [0.15, 0.2) is 0 Å². The van der Waals surface area contributed by atoms with Crippen LogP contribution in [0.4, 0.5) is 0 Å². The lowest BCUT2D eigenvalue weighted by molar-refractivity contribution is 0.754. The van der Waals surface area contributed by atoms with E-state index in [4.69, 9.17) is 0 Å². The highest BCUT2D eigenvalue weighted by Gasteiger charge is 2.14. The minimum Gasteiger partial charge on any atom is -0.346 e. The van der Waals surface area contributed by atoms with Crippen molar-refractivity contribution in [2.75, 3.05) is 0 Å². The van der Waals surface area contributed by atoms with E-state index in [1.165, 1.54) is 22.3 Å². The molecule has 0 unspecified atom stereocenters. The fourth-order valence-electron chi connectivity index (χ4n) is 2.40. The van der Waals surface area contributed by atoms with Crippen molar-refractivity contribution in [3.8, 4) is 0 Å². The van der Waals surface area contributed by atoms with Gasteiger partial charge in [-0.2, -0.15) is 0 Å². The Kier molecular flexibility index (Phi) is 2.53. The Morgan fingerprint density at radius 2 is 1.75 bits per heavy atom. The van der Waals surface area contributed by atoms with Crippen LogP contribution in [0.1, 0.15) is 42.3 Å². The zero-order valence-corrected chi connectivity index (χ0v) is 11.0. The maximum atomic E-state index is 4.68. The molecule has 2 heteroatoms. The van der Waals surface area contributed by atoms with E-state index in [9.17, 15) is 0 Å². The molecule has 86 valence electrons. The number of fused-ring (bicyclic) bond motifs is 1. The van der Waals surface area contributed by atoms with E-state index in [0.29, 0.717) is 5.92 Å². The van der Waals surface area contributed by atoms with Crippen molar-refractivity contribution in [2.24, 2.45) is 7.05 Å². The van der Waals surface area contributed by atoms with Gasteiger partial charge in [0, 0.05) is 18.4 Å². The van der Waals surface area contributed by atoms with Crippen molar-refractivity contribution in [2.45, 2.75) is 40.5 Å². The largest absolute Gasteiger partial charge is 0.346 e. The highest BCUT2D eigenvalue weighted by atomic mass is 15.0. The molecule has 16 heavy (non-hydrogen) atoms. The van der Waals surface area contributed by atoms with Gasteiger partial charge in [-0.3, -0.25) is 4.98 Å². The first kappa shape index (κ1) is 11.2. The van der Waals surface area contributed by atoms with Gasteiger partial charge >= 0.3 is 0 Å². The van der Waals surface area contributed by atoms with Crippen LogP contribution < -0.4 is 0 Å². The van der Waals surface area contributed by atoms with Gasteiger partial charge < -0.3 is 4.57 Å². The normalized spacial score (nSPS) is 11.7. The highest BCUT2D eigenvalue weighted by molar-refractivity contribution is 5.82. The van der Waals surface area contributed by atoms with Gasteiger partial charge in [0.05, 0.1) is 11.0 Å². The highest BCUT2D eigenvalue weighted by Crippen LogP contribution is 2.27. The van der Waals surface area contributed by atoms with Crippen LogP contribution in [0.25, 0.3) is 11.0 Å². The third-order valence-corrected chi connectivity index (χ3v) is 3.59. The minimum absolute atomic E-state index is 0.541. The molecule has 2 aromatic heterocycles. The number of hydrogen-bond acceptors (Lipinski definition) is 1. The average Bonchev–Trinajstić information content (AvgIpc) is 2.52. The Morgan fingerprint density at radius 1 is 1.12 bits per heavy atom. The molecule has 2 rings (SSSR count). The summed E-state index contributed by atoms with van der Waals surface area (Å²) in [7, 11) is 2.14. The zero-order valence-electron chi connectivity index (χ0n) is 11.0. The monoisotopic (exact) mass is 216 g/mol. The molecule has 0 aliphatic rings. The van der Waals surface area contributed by atoms with Crippen molar-refractivity contribution in [1.82, 2.24) is 9.55 Å². The second kappa shape index (κ2) is 3.62. The van der Waals surface area contributed by atoms with Crippen LogP contribution in [0, 0.1) is 20.8 Å². The van der Waals surface area contributed by atoms with Crippen molar-refractivity contribution in [1.29, 1.82) is 0 Å². The number of aromatic nitrogens is 2. The number of nitrogens with zero attached hydrogens (tertiary/aromatic N) is 2. The summed E-state index contributed by atoms with van der Waals surface area (Å²) >= 11 is 0. The first-order valence-corrected chi connectivity index (χ1v) is 5.86. The van der Waals surface area contributed by atoms with Gasteiger partial charge in [-0.05, 0) is 43.9 Å². The molecule has 0 N–H and O–H groups in total. The molecule has 0 amide bonds. The molecule has 2 aromatic rings. The zero-order chi connectivity index (χ0) is 12.0. The fraction of sp³-hybridized carbons (Fsp3) is 0.500. The Morgan fingerprint density at radius 3 is 2.31 bits per heavy atom. The standard InChI is InChI=1S/C14H20N2/c1-8(2)13-7-12-14(16(13)6)10(4)9(3)11(5)15-12/h7-8H,1-6H3. The predicted octanol–water partition coefficient (Wildman–Crippen LogP) is 3.62. The minimum atomic E-state index is 0.541. The molecular formula is C14H20N2. The van der Waals surface area contributed by atoms with E-state index < -0.39 is 0 Å². The molecular weight excluding hydrogens is 196 g/mol. The Labute approximate surface area is 97.3 Å². The van der Waals surface area contributed by atoms with Gasteiger partial charge in [-0.15, -0.1) is 0 Å². The first-order valence-electron chi connectivity index (χ1n) is 5.86. The molecule has 0 bridgehead atoms. The molecule has 0 spiro atoms. The van der Waals surface area contributed by atoms with E-state index in [2.05, 4.69) is 57.3 Å². The van der Waals surface area contributed by atoms with E-state index in [1.54, 1.807) is 0 Å². The van der Waals surface area contributed by atoms with Crippen molar-refractivity contribution < 1.29 is 0 Å². The predicted molar refractivity (Wildman–Crippen MR) is 69.0 cm³/mol. The Balaban J connectivity index is 2.88. The number of pyridine rings is 1. The lowest BCUT2D eigenvalue weighted by Crippen LogP contribution is -2.00. The van der Waals surface area contributed by atoms with E-state index in [0.717, 1.165) is 11.2 Å². The molecule has 0 saturated heterocycles. The van der Waals surface area contributed by atoms with Crippen molar-refractivity contribution >= 4 is 11.0 Å². The van der Waals surface area contributed by atoms with Gasteiger partial charge in [0.25, 0.3) is 0 Å². The van der Waals surface area contributed by atoms with Gasteiger partial charge in [-0.25, -0.2) is 0 Å². The molecule has 0 atom stereocenters. The number of hydrogen-bond donors (Lipinski definition) is 0. The van der Waals surface area contributed by atoms with Gasteiger partial charge in [-0.1, -0.05) is 13.8 Å². The summed E-state index contributed by atoms with van der Waals surface area (Å²) in [6.07, 6.45) is 0. The molecule has 0 aliphatic carbocycles. The van der Waals surface area contributed by atoms with Crippen LogP contribution in [-0.2, 0) is 7.05 Å². The lowest BCUT2D eigenvalue weighted by atomic mass is 10.1. The first-order chi connectivity index (χ1) is 7.43. The maximum absolute atomic E-state index is 4.68. The second-order valence-electron chi connectivity index (χ2n) is 4.96. The van der Waals surface area contributed by atoms with E-state index in [-0.39, 0.29) is 0 Å². The van der Waals surface area contributed by atoms with Crippen LogP contribution in [0.5, 0.6) is 0 Å². The van der Waals surface area contributed by atoms with Crippen LogP contribution in [-0.4, -0.2) is 9.55 Å². The van der Waals surface area contributed by atoms with E-state index >= 15 is 0 Å². The topological polar surface area (TPSA) is 17.8 Å². The Hall–Kier alpha value is -1.31. The van der Waals surface area contributed by atoms with Crippen LogP contribution in [0.3, 0.4) is 0 Å². The molecule has 2 heterocycles. The summed E-state index contributed by atoms with van der Waals surface area (Å²) in [5.74, 6) is 0.541. The van der Waals surface area contributed by atoms with Crippen molar-refractivity contribution in [3.05, 3.63) is 28.6 Å². The number of rotatable bonds is 1. The molecule has 2 nitrogen and oxygen atoms in total.